The van der Waals surface area contributed by atoms with Gasteiger partial charge in [0.2, 0.25) is 5.96 Å². The summed E-state index contributed by atoms with van der Waals surface area (Å²) in [6.07, 6.45) is -0.424. The molecule has 0 amide bonds. The van der Waals surface area contributed by atoms with Crippen LogP contribution in [0.1, 0.15) is 11.9 Å². The highest BCUT2D eigenvalue weighted by molar-refractivity contribution is 6.38. The van der Waals surface area contributed by atoms with E-state index < -0.39 is 6.17 Å². The van der Waals surface area contributed by atoms with Crippen molar-refractivity contribution in [3.05, 3.63) is 182 Å². The number of para-hydroxylation sites is 4. The summed E-state index contributed by atoms with van der Waals surface area (Å²) in [6, 6.07) is 63.8. The van der Waals surface area contributed by atoms with Crippen molar-refractivity contribution in [1.29, 1.82) is 0 Å². The minimum Gasteiger partial charge on any atom is -0.454 e. The van der Waals surface area contributed by atoms with Crippen LogP contribution in [-0.2, 0) is 0 Å². The maximum atomic E-state index is 6.90. The molecule has 1 atom stereocenters. The molecule has 0 aliphatic carbocycles. The topological polar surface area (TPSA) is 51.8 Å². The predicted molar refractivity (Wildman–Crippen MR) is 249 cm³/mol. The average molecular weight is 766 g/mol. The lowest BCUT2D eigenvalue weighted by Gasteiger charge is -2.28. The summed E-state index contributed by atoms with van der Waals surface area (Å²) in [5, 5.41) is 19.7. The second-order valence-corrected chi connectivity index (χ2v) is 16.3. The lowest BCUT2D eigenvalue weighted by atomic mass is 10.0. The Bertz CT molecular complexity index is 4230. The van der Waals surface area contributed by atoms with Crippen molar-refractivity contribution < 1.29 is 4.42 Å². The van der Waals surface area contributed by atoms with Crippen LogP contribution in [0.4, 0.5) is 5.69 Å². The number of hydrogen-bond donors (Lipinski definition) is 1. The first-order valence-corrected chi connectivity index (χ1v) is 20.6. The van der Waals surface area contributed by atoms with E-state index in [4.69, 9.17) is 9.41 Å². The summed E-state index contributed by atoms with van der Waals surface area (Å²) in [5.74, 6) is 1.54. The molecule has 0 fully saturated rings. The van der Waals surface area contributed by atoms with Crippen molar-refractivity contribution in [1.82, 2.24) is 18.9 Å². The van der Waals surface area contributed by atoms with Crippen LogP contribution in [0.25, 0.3) is 114 Å². The van der Waals surface area contributed by atoms with Gasteiger partial charge in [-0.15, -0.1) is 0 Å². The summed E-state index contributed by atoms with van der Waals surface area (Å²) in [6.45, 7) is 0. The van der Waals surface area contributed by atoms with Crippen LogP contribution in [0, 0.1) is 0 Å². The smallest absolute Gasteiger partial charge is 0.210 e. The van der Waals surface area contributed by atoms with Gasteiger partial charge in [-0.2, -0.15) is 0 Å². The molecule has 0 radical (unpaired) electrons. The molecule has 0 bridgehead atoms. The van der Waals surface area contributed by atoms with Gasteiger partial charge in [0, 0.05) is 53.9 Å². The first-order valence-electron chi connectivity index (χ1n) is 20.6. The minimum atomic E-state index is -0.424. The lowest BCUT2D eigenvalue weighted by Crippen LogP contribution is -2.39. The second-order valence-electron chi connectivity index (χ2n) is 16.3. The molecule has 1 aliphatic rings. The molecule has 1 N–H and O–H groups in total. The van der Waals surface area contributed by atoms with Gasteiger partial charge in [-0.05, 0) is 58.6 Å². The summed E-state index contributed by atoms with van der Waals surface area (Å²) in [4.78, 5) is 5.65. The van der Waals surface area contributed by atoms with E-state index >= 15 is 0 Å². The highest BCUT2D eigenvalue weighted by atomic mass is 16.3. The van der Waals surface area contributed by atoms with Gasteiger partial charge in [-0.1, -0.05) is 133 Å². The standard InChI is InChI=1S/C54H31N5O/c1-3-15-32-30(13-1)26-28-43-46(32)35-18-6-11-23-42(35)58(43)53-52-49(37-20-8-12-24-45(37)60-52)55-54(56-53)59-44-29-39-34-17-5-9-21-40(34)57-41-22-10-7-19-36(41)48(51(39)57)47(44)38-27-25-31-14-2-4-16-33(31)50(38)59/h1-29,53H,(H,55,56). The fraction of sp³-hybridized carbons (Fsp3) is 0.0185. The molecular formula is C54H31N5O. The van der Waals surface area contributed by atoms with E-state index in [9.17, 15) is 0 Å². The maximum Gasteiger partial charge on any atom is 0.210 e. The number of furan rings is 1. The van der Waals surface area contributed by atoms with Crippen molar-refractivity contribution in [2.75, 3.05) is 0 Å². The monoisotopic (exact) mass is 765 g/mol. The van der Waals surface area contributed by atoms with E-state index in [1.807, 2.05) is 6.07 Å². The van der Waals surface area contributed by atoms with Crippen LogP contribution in [0.15, 0.2) is 185 Å². The zero-order chi connectivity index (χ0) is 38.8. The first kappa shape index (κ1) is 31.0. The van der Waals surface area contributed by atoms with Gasteiger partial charge in [-0.3, -0.25) is 4.57 Å². The first-order chi connectivity index (χ1) is 29.8. The van der Waals surface area contributed by atoms with Crippen molar-refractivity contribution in [2.24, 2.45) is 4.99 Å². The Morgan fingerprint density at radius 3 is 1.87 bits per heavy atom. The van der Waals surface area contributed by atoms with Crippen molar-refractivity contribution in [2.45, 2.75) is 6.17 Å². The number of benzene rings is 9. The second kappa shape index (κ2) is 10.9. The Morgan fingerprint density at radius 2 is 1.05 bits per heavy atom. The Kier molecular flexibility index (Phi) is 5.62. The number of rotatable bonds is 1. The third kappa shape index (κ3) is 3.69. The predicted octanol–water partition coefficient (Wildman–Crippen LogP) is 13.8. The van der Waals surface area contributed by atoms with Crippen LogP contribution in [0.3, 0.4) is 0 Å². The molecule has 1 aliphatic heterocycles. The van der Waals surface area contributed by atoms with Gasteiger partial charge < -0.3 is 18.7 Å². The molecule has 14 aromatic rings. The number of fused-ring (bicyclic) bond motifs is 20. The fourth-order valence-corrected chi connectivity index (χ4v) is 11.0. The molecule has 6 heteroatoms. The summed E-state index contributed by atoms with van der Waals surface area (Å²) in [5.41, 5.74) is 9.85. The highest BCUT2D eigenvalue weighted by Crippen LogP contribution is 2.49. The quantitative estimate of drug-likeness (QED) is 0.181. The Balaban J connectivity index is 1.12. The van der Waals surface area contributed by atoms with E-state index in [0.29, 0.717) is 0 Å². The van der Waals surface area contributed by atoms with E-state index in [1.165, 1.54) is 81.2 Å². The van der Waals surface area contributed by atoms with Crippen molar-refractivity contribution in [3.63, 3.8) is 0 Å². The van der Waals surface area contributed by atoms with Crippen LogP contribution in [0.2, 0.25) is 0 Å². The SMILES string of the molecule is c1ccc2c(c1)ccc1c2c2ccccc2n1C1NC(n2c3cc4c5ccccc5n5c6ccccc6c(c3c3ccc6ccccc6c32)c45)=Nc2c1oc1ccccc21. The van der Waals surface area contributed by atoms with E-state index in [0.717, 1.165) is 50.4 Å². The molecule has 0 spiro atoms. The van der Waals surface area contributed by atoms with Crippen molar-refractivity contribution in [3.8, 4) is 0 Å². The number of aliphatic imine (C=N–C) groups is 1. The molecule has 15 rings (SSSR count). The summed E-state index contributed by atoms with van der Waals surface area (Å²) >= 11 is 0. The minimum absolute atomic E-state index is 0.424. The van der Waals surface area contributed by atoms with Gasteiger partial charge >= 0.3 is 0 Å². The van der Waals surface area contributed by atoms with Crippen LogP contribution in [-0.4, -0.2) is 19.5 Å². The number of aromatic nitrogens is 3. The Hall–Kier alpha value is -8.09. The van der Waals surface area contributed by atoms with E-state index in [1.54, 1.807) is 0 Å². The van der Waals surface area contributed by atoms with E-state index in [-0.39, 0.29) is 0 Å². The Labute approximate surface area is 340 Å². The van der Waals surface area contributed by atoms with Crippen molar-refractivity contribution >= 4 is 126 Å². The Morgan fingerprint density at radius 1 is 0.433 bits per heavy atom. The molecule has 0 saturated heterocycles. The average Bonchev–Trinajstić information content (AvgIpc) is 4.10. The fourth-order valence-electron chi connectivity index (χ4n) is 11.0. The number of nitrogens with zero attached hydrogens (tertiary/aromatic N) is 4. The number of nitrogens with one attached hydrogen (secondary N) is 1. The molecule has 0 saturated carbocycles. The molecule has 278 valence electrons. The van der Waals surface area contributed by atoms with Gasteiger partial charge in [0.05, 0.1) is 38.6 Å². The largest absolute Gasteiger partial charge is 0.454 e. The molecule has 60 heavy (non-hydrogen) atoms. The zero-order valence-electron chi connectivity index (χ0n) is 32.0. The lowest BCUT2D eigenvalue weighted by molar-refractivity contribution is 0.438. The maximum absolute atomic E-state index is 6.90. The van der Waals surface area contributed by atoms with Gasteiger partial charge in [0.15, 0.2) is 11.9 Å². The molecule has 5 aromatic heterocycles. The zero-order valence-corrected chi connectivity index (χ0v) is 32.0. The van der Waals surface area contributed by atoms with Crippen LogP contribution >= 0.6 is 0 Å². The molecule has 1 unspecified atom stereocenters. The molecule has 6 nitrogen and oxygen atoms in total. The molecule has 9 aromatic carbocycles. The third-order valence-electron chi connectivity index (χ3n) is 13.4. The van der Waals surface area contributed by atoms with Gasteiger partial charge in [0.25, 0.3) is 0 Å². The molecular weight excluding hydrogens is 735 g/mol. The van der Waals surface area contributed by atoms with E-state index in [2.05, 4.69) is 189 Å². The summed E-state index contributed by atoms with van der Waals surface area (Å²) < 4.78 is 14.2. The third-order valence-corrected chi connectivity index (χ3v) is 13.4. The van der Waals surface area contributed by atoms with Crippen LogP contribution < -0.4 is 5.32 Å². The van der Waals surface area contributed by atoms with Gasteiger partial charge in [0.1, 0.15) is 11.3 Å². The molecule has 6 heterocycles. The van der Waals surface area contributed by atoms with Gasteiger partial charge in [-0.25, -0.2) is 4.99 Å². The highest BCUT2D eigenvalue weighted by Gasteiger charge is 2.34. The summed E-state index contributed by atoms with van der Waals surface area (Å²) in [7, 11) is 0. The van der Waals surface area contributed by atoms with Crippen LogP contribution in [0.5, 0.6) is 0 Å². The number of hydrogen-bond acceptors (Lipinski definition) is 3. The normalized spacial score (nSPS) is 14.7.